The minimum atomic E-state index is -0.835. The Kier molecular flexibility index (Phi) is 2.70. The third kappa shape index (κ3) is 2.05. The molecule has 0 saturated heterocycles. The van der Waals surface area contributed by atoms with Gasteiger partial charge in [0, 0.05) is 5.92 Å². The zero-order valence-electron chi connectivity index (χ0n) is 8.11. The van der Waals surface area contributed by atoms with Crippen molar-refractivity contribution < 1.29 is 14.7 Å². The van der Waals surface area contributed by atoms with Gasteiger partial charge >= 0.3 is 5.97 Å². The van der Waals surface area contributed by atoms with Crippen LogP contribution in [0.4, 0.5) is 0 Å². The Bertz CT molecular complexity index is 262. The maximum Gasteiger partial charge on any atom is 0.306 e. The highest BCUT2D eigenvalue weighted by atomic mass is 16.6. The number of hydrogen-bond acceptors (Lipinski definition) is 3. The van der Waals surface area contributed by atoms with E-state index in [9.17, 15) is 4.79 Å². The Labute approximate surface area is 82.9 Å². The van der Waals surface area contributed by atoms with E-state index in [1.165, 1.54) is 19.3 Å². The van der Waals surface area contributed by atoms with Crippen LogP contribution in [0.3, 0.4) is 0 Å². The van der Waals surface area contributed by atoms with Crippen LogP contribution in [-0.2, 0) is 9.63 Å². The lowest BCUT2D eigenvalue weighted by molar-refractivity contribution is -0.138. The SMILES string of the molecule is O=C(O)CCO/N=C1\CC2CCC1C2. The second-order valence-electron chi connectivity index (χ2n) is 4.14. The summed E-state index contributed by atoms with van der Waals surface area (Å²) in [4.78, 5) is 15.2. The highest BCUT2D eigenvalue weighted by Gasteiger charge is 2.37. The molecule has 2 fully saturated rings. The second kappa shape index (κ2) is 3.98. The van der Waals surface area contributed by atoms with Crippen LogP contribution in [0.15, 0.2) is 5.16 Å². The fraction of sp³-hybridized carbons (Fsp3) is 0.800. The molecule has 14 heavy (non-hydrogen) atoms. The highest BCUT2D eigenvalue weighted by molar-refractivity contribution is 5.89. The van der Waals surface area contributed by atoms with Gasteiger partial charge in [-0.3, -0.25) is 4.79 Å². The van der Waals surface area contributed by atoms with Crippen LogP contribution < -0.4 is 0 Å². The van der Waals surface area contributed by atoms with Crippen molar-refractivity contribution in [2.45, 2.75) is 32.1 Å². The summed E-state index contributed by atoms with van der Waals surface area (Å²) in [5, 5.41) is 12.4. The summed E-state index contributed by atoms with van der Waals surface area (Å²) in [5.41, 5.74) is 1.16. The average molecular weight is 197 g/mol. The van der Waals surface area contributed by atoms with Crippen LogP contribution in [0.2, 0.25) is 0 Å². The summed E-state index contributed by atoms with van der Waals surface area (Å²) >= 11 is 0. The smallest absolute Gasteiger partial charge is 0.306 e. The summed E-state index contributed by atoms with van der Waals surface area (Å²) in [6, 6.07) is 0. The lowest BCUT2D eigenvalue weighted by Crippen LogP contribution is -2.10. The molecule has 0 aromatic rings. The molecule has 2 rings (SSSR count). The molecule has 2 bridgehead atoms. The first-order valence-corrected chi connectivity index (χ1v) is 5.16. The lowest BCUT2D eigenvalue weighted by atomic mass is 9.99. The topological polar surface area (TPSA) is 58.9 Å². The van der Waals surface area contributed by atoms with E-state index in [4.69, 9.17) is 9.94 Å². The molecule has 0 spiro atoms. The van der Waals surface area contributed by atoms with Gasteiger partial charge in [0.2, 0.25) is 0 Å². The quantitative estimate of drug-likeness (QED) is 0.550. The zero-order valence-corrected chi connectivity index (χ0v) is 8.11. The van der Waals surface area contributed by atoms with Crippen LogP contribution in [-0.4, -0.2) is 23.4 Å². The predicted molar refractivity (Wildman–Crippen MR) is 51.1 cm³/mol. The van der Waals surface area contributed by atoms with Gasteiger partial charge in [-0.25, -0.2) is 0 Å². The van der Waals surface area contributed by atoms with Gasteiger partial charge in [0.1, 0.15) is 6.61 Å². The Morgan fingerprint density at radius 3 is 3.00 bits per heavy atom. The van der Waals surface area contributed by atoms with Crippen LogP contribution in [0.25, 0.3) is 0 Å². The number of aliphatic carboxylic acids is 1. The Hall–Kier alpha value is -1.06. The molecule has 0 aromatic heterocycles. The second-order valence-corrected chi connectivity index (χ2v) is 4.14. The largest absolute Gasteiger partial charge is 0.481 e. The standard InChI is InChI=1S/C10H15NO3/c12-10(13)3-4-14-11-9-6-7-1-2-8(9)5-7/h7-8H,1-6H2,(H,12,13)/b11-9+. The molecule has 0 aromatic carbocycles. The van der Waals surface area contributed by atoms with E-state index < -0.39 is 5.97 Å². The van der Waals surface area contributed by atoms with Crippen molar-refractivity contribution in [1.82, 2.24) is 0 Å². The van der Waals surface area contributed by atoms with E-state index in [1.807, 2.05) is 0 Å². The third-order valence-electron chi connectivity index (χ3n) is 3.10. The van der Waals surface area contributed by atoms with E-state index in [1.54, 1.807) is 0 Å². The Morgan fingerprint density at radius 1 is 1.57 bits per heavy atom. The number of oxime groups is 1. The zero-order chi connectivity index (χ0) is 9.97. The monoisotopic (exact) mass is 197 g/mol. The van der Waals surface area contributed by atoms with Crippen LogP contribution >= 0.6 is 0 Å². The Morgan fingerprint density at radius 2 is 2.43 bits per heavy atom. The molecule has 2 atom stereocenters. The molecule has 1 N–H and O–H groups in total. The molecule has 0 amide bonds. The fourth-order valence-corrected chi connectivity index (χ4v) is 2.40. The summed E-state index contributed by atoms with van der Waals surface area (Å²) in [5.74, 6) is 0.616. The van der Waals surface area contributed by atoms with Crippen molar-refractivity contribution in [3.63, 3.8) is 0 Å². The number of fused-ring (bicyclic) bond motifs is 2. The normalized spacial score (nSPS) is 32.4. The molecule has 0 radical (unpaired) electrons. The molecule has 2 aliphatic rings. The van der Waals surface area contributed by atoms with Crippen LogP contribution in [0.1, 0.15) is 32.1 Å². The summed E-state index contributed by atoms with van der Waals surface area (Å²) in [6.45, 7) is 0.191. The molecule has 2 saturated carbocycles. The maximum atomic E-state index is 10.2. The van der Waals surface area contributed by atoms with E-state index in [2.05, 4.69) is 5.16 Å². The number of hydrogen-bond donors (Lipinski definition) is 1. The van der Waals surface area contributed by atoms with Crippen molar-refractivity contribution >= 4 is 11.7 Å². The first-order valence-electron chi connectivity index (χ1n) is 5.16. The van der Waals surface area contributed by atoms with E-state index in [0.29, 0.717) is 5.92 Å². The molecular formula is C10H15NO3. The van der Waals surface area contributed by atoms with E-state index >= 15 is 0 Å². The van der Waals surface area contributed by atoms with Crippen molar-refractivity contribution in [2.24, 2.45) is 17.0 Å². The molecule has 4 nitrogen and oxygen atoms in total. The van der Waals surface area contributed by atoms with Crippen LogP contribution in [0, 0.1) is 11.8 Å². The molecule has 4 heteroatoms. The van der Waals surface area contributed by atoms with Gasteiger partial charge in [-0.15, -0.1) is 0 Å². The van der Waals surface area contributed by atoms with E-state index in [0.717, 1.165) is 18.1 Å². The first-order chi connectivity index (χ1) is 6.75. The van der Waals surface area contributed by atoms with Gasteiger partial charge in [0.25, 0.3) is 0 Å². The summed E-state index contributed by atoms with van der Waals surface area (Å²) < 4.78 is 0. The van der Waals surface area contributed by atoms with Gasteiger partial charge in [0.15, 0.2) is 0 Å². The van der Waals surface area contributed by atoms with Gasteiger partial charge in [-0.1, -0.05) is 5.16 Å². The summed E-state index contributed by atoms with van der Waals surface area (Å²) in [6.07, 6.45) is 4.94. The summed E-state index contributed by atoms with van der Waals surface area (Å²) in [7, 11) is 0. The Balaban J connectivity index is 1.73. The third-order valence-corrected chi connectivity index (χ3v) is 3.10. The van der Waals surface area contributed by atoms with Crippen molar-refractivity contribution in [3.05, 3.63) is 0 Å². The van der Waals surface area contributed by atoms with Gasteiger partial charge < -0.3 is 9.94 Å². The highest BCUT2D eigenvalue weighted by Crippen LogP contribution is 2.42. The van der Waals surface area contributed by atoms with Gasteiger partial charge in [-0.05, 0) is 31.6 Å². The minimum absolute atomic E-state index is 0.0326. The number of carboxylic acids is 1. The molecule has 0 heterocycles. The molecule has 0 aliphatic heterocycles. The molecule has 78 valence electrons. The number of carbonyl (C=O) groups is 1. The van der Waals surface area contributed by atoms with Gasteiger partial charge in [-0.2, -0.15) is 0 Å². The first kappa shape index (κ1) is 9.49. The maximum absolute atomic E-state index is 10.2. The predicted octanol–water partition coefficient (Wildman–Crippen LogP) is 1.65. The lowest BCUT2D eigenvalue weighted by Gasteiger charge is -2.10. The average Bonchev–Trinajstić information content (AvgIpc) is 2.73. The van der Waals surface area contributed by atoms with Gasteiger partial charge in [0.05, 0.1) is 12.1 Å². The van der Waals surface area contributed by atoms with Crippen molar-refractivity contribution in [1.29, 1.82) is 0 Å². The van der Waals surface area contributed by atoms with Crippen molar-refractivity contribution in [2.75, 3.05) is 6.61 Å². The number of nitrogens with zero attached hydrogens (tertiary/aromatic N) is 1. The molecule has 2 aliphatic carbocycles. The minimum Gasteiger partial charge on any atom is -0.481 e. The molecular weight excluding hydrogens is 182 g/mol. The molecule has 2 unspecified atom stereocenters. The van der Waals surface area contributed by atoms with Crippen LogP contribution in [0.5, 0.6) is 0 Å². The van der Waals surface area contributed by atoms with Crippen molar-refractivity contribution in [3.8, 4) is 0 Å². The number of carboxylic acid groups (broad SMARTS) is 1. The number of rotatable bonds is 4. The fourth-order valence-electron chi connectivity index (χ4n) is 2.40. The van der Waals surface area contributed by atoms with E-state index in [-0.39, 0.29) is 13.0 Å².